The van der Waals surface area contributed by atoms with E-state index >= 15 is 0 Å². The van der Waals surface area contributed by atoms with E-state index in [1.807, 2.05) is 264 Å². The number of rotatable bonds is 36. The molecule has 0 aliphatic carbocycles. The van der Waals surface area contributed by atoms with Crippen LogP contribution in [0.3, 0.4) is 0 Å². The Morgan fingerprint density at radius 2 is 0.382 bits per heavy atom. The number of ether oxygens (including phenoxy) is 9. The maximum atomic E-state index is 12.7. The van der Waals surface area contributed by atoms with Crippen molar-refractivity contribution in [2.75, 3.05) is 118 Å². The average molecular weight is 1460 g/mol. The van der Waals surface area contributed by atoms with Gasteiger partial charge in [-0.05, 0) is 90.3 Å². The van der Waals surface area contributed by atoms with Crippen LogP contribution in [0.15, 0.2) is 0 Å². The van der Waals surface area contributed by atoms with Gasteiger partial charge in [-0.2, -0.15) is 0 Å². The van der Waals surface area contributed by atoms with Gasteiger partial charge in [0.25, 0.3) is 0 Å². The fourth-order valence-electron chi connectivity index (χ4n) is 7.85. The largest absolute Gasteiger partial charge is 0.464 e. The third-order valence-electron chi connectivity index (χ3n) is 20.0. The molecule has 0 saturated heterocycles. The predicted octanol–water partition coefficient (Wildman–Crippen LogP) is 15.3. The smallest absolute Gasteiger partial charge is 0.312 e. The van der Waals surface area contributed by atoms with Crippen molar-refractivity contribution in [2.24, 2.45) is 82.7 Å². The molecule has 0 radical (unpaired) electrons. The summed E-state index contributed by atoms with van der Waals surface area (Å²) >= 11 is 0. The molecule has 0 saturated carbocycles. The number of nitrogens with zero attached hydrogens (tertiary/aromatic N) is 3. The molecule has 0 amide bonds. The van der Waals surface area contributed by atoms with Crippen molar-refractivity contribution in [2.45, 2.75) is 269 Å². The first-order chi connectivity index (χ1) is 45.5. The van der Waals surface area contributed by atoms with Gasteiger partial charge < -0.3 is 42.6 Å². The maximum absolute atomic E-state index is 12.7. The van der Waals surface area contributed by atoms with Crippen molar-refractivity contribution >= 4 is 53.7 Å². The van der Waals surface area contributed by atoms with Gasteiger partial charge in [0.2, 0.25) is 0 Å². The molecule has 0 aliphatic heterocycles. The first-order valence-electron chi connectivity index (χ1n) is 37.2. The van der Waals surface area contributed by atoms with E-state index in [1.165, 1.54) is 0 Å². The highest BCUT2D eigenvalue weighted by Crippen LogP contribution is 2.41. The third kappa shape index (κ3) is 43.5. The number of hydrogen-bond acceptors (Lipinski definition) is 21. The molecule has 0 aromatic heterocycles. The predicted molar refractivity (Wildman–Crippen MR) is 406 cm³/mol. The average Bonchev–Trinajstić information content (AvgIpc) is 0.822. The first-order valence-corrected chi connectivity index (χ1v) is 37.2. The Morgan fingerprint density at radius 1 is 0.235 bits per heavy atom. The minimum absolute atomic E-state index is 0.126. The first kappa shape index (κ1) is 101. The SMILES string of the molecule is CC(C(=O)OCCN(CCOC(=O)C(C)C(C)(C)C)CCOC(=O)C(C)C(C)(C)C)C(C)(C)C.CC(C)(C)C(C)(C)C(=O)OCCN(CCOC(=O)C(C)(C)C(C)(C)C)CCOC(=O)C(C)(C)C(C)(C)C.CC(C)(C)CC(=O)OCCN(CCOC(=O)CC(C)(C)C)CCOC(=O)CC(C)(C)C. The van der Waals surface area contributed by atoms with Crippen LogP contribution in [0.5, 0.6) is 0 Å². The molecule has 600 valence electrons. The Bertz CT molecular complexity index is 2270. The second-order valence-corrected chi connectivity index (χ2v) is 39.2. The van der Waals surface area contributed by atoms with Crippen LogP contribution in [0.4, 0.5) is 0 Å². The minimum atomic E-state index is -0.639. The number of carbonyl (C=O) groups is 9. The van der Waals surface area contributed by atoms with E-state index in [1.54, 1.807) is 0 Å². The lowest BCUT2D eigenvalue weighted by molar-refractivity contribution is -0.162. The Hall–Kier alpha value is -4.89. The summed E-state index contributed by atoms with van der Waals surface area (Å²) < 4.78 is 49.3. The van der Waals surface area contributed by atoms with Crippen LogP contribution < -0.4 is 0 Å². The molecule has 0 aliphatic rings. The van der Waals surface area contributed by atoms with Gasteiger partial charge in [-0.1, -0.05) is 208 Å². The van der Waals surface area contributed by atoms with Crippen LogP contribution in [0, 0.1) is 82.7 Å². The Balaban J connectivity index is -0.00000145. The highest BCUT2D eigenvalue weighted by Gasteiger charge is 2.44. The fourth-order valence-corrected chi connectivity index (χ4v) is 7.85. The maximum Gasteiger partial charge on any atom is 0.312 e. The highest BCUT2D eigenvalue weighted by molar-refractivity contribution is 5.78. The number of hydrogen-bond donors (Lipinski definition) is 0. The van der Waals surface area contributed by atoms with Crippen LogP contribution in [0.1, 0.15) is 269 Å². The van der Waals surface area contributed by atoms with Gasteiger partial charge in [-0.25, -0.2) is 0 Å². The van der Waals surface area contributed by atoms with Crippen LogP contribution in [-0.4, -0.2) is 187 Å². The van der Waals surface area contributed by atoms with E-state index in [9.17, 15) is 43.2 Å². The van der Waals surface area contributed by atoms with Crippen molar-refractivity contribution in [3.8, 4) is 0 Å². The normalized spacial score (nSPS) is 14.0. The Morgan fingerprint density at radius 3 is 0.520 bits per heavy atom. The van der Waals surface area contributed by atoms with Crippen molar-refractivity contribution in [1.29, 1.82) is 0 Å². The molecule has 0 aromatic rings. The van der Waals surface area contributed by atoms with Crippen molar-refractivity contribution in [1.82, 2.24) is 14.7 Å². The van der Waals surface area contributed by atoms with E-state index in [0.717, 1.165) is 0 Å². The molecule has 21 nitrogen and oxygen atoms in total. The zero-order valence-electron chi connectivity index (χ0n) is 71.8. The molecule has 0 aromatic carbocycles. The van der Waals surface area contributed by atoms with Crippen LogP contribution >= 0.6 is 0 Å². The summed E-state index contributed by atoms with van der Waals surface area (Å²) in [6.07, 6.45) is 1.05. The zero-order valence-corrected chi connectivity index (χ0v) is 71.8. The van der Waals surface area contributed by atoms with Gasteiger partial charge in [-0.3, -0.25) is 57.9 Å². The van der Waals surface area contributed by atoms with Crippen molar-refractivity contribution in [3.63, 3.8) is 0 Å². The topological polar surface area (TPSA) is 246 Å². The van der Waals surface area contributed by atoms with Gasteiger partial charge in [0.15, 0.2) is 0 Å². The van der Waals surface area contributed by atoms with Gasteiger partial charge in [0.05, 0.1) is 53.3 Å². The van der Waals surface area contributed by atoms with E-state index in [-0.39, 0.29) is 180 Å². The molecule has 3 unspecified atom stereocenters. The van der Waals surface area contributed by atoms with Gasteiger partial charge in [0.1, 0.15) is 59.5 Å². The Kier molecular flexibility index (Phi) is 42.7. The minimum Gasteiger partial charge on any atom is -0.464 e. The molecule has 102 heavy (non-hydrogen) atoms. The van der Waals surface area contributed by atoms with E-state index in [0.29, 0.717) is 78.2 Å². The highest BCUT2D eigenvalue weighted by atomic mass is 16.6. The van der Waals surface area contributed by atoms with Gasteiger partial charge >= 0.3 is 53.7 Å². The third-order valence-corrected chi connectivity index (χ3v) is 20.0. The lowest BCUT2D eigenvalue weighted by atomic mass is 9.69. The van der Waals surface area contributed by atoms with Crippen molar-refractivity contribution < 1.29 is 85.8 Å². The standard InChI is InChI=1S/C30H57NO6.C27H51NO6.C24H45NO6/c1-25(2,3)28(10,11)22(32)35-19-16-31(17-20-36-23(33)29(12,13)26(4,5)6)18-21-37-24(34)30(14,15)27(7,8)9;1-19(25(4,5)6)22(29)32-16-13-28(14-17-33-23(30)20(2)26(7,8)9)15-18-34-24(31)21(3)27(10,11)12;1-22(2,3)16-19(26)29-13-10-25(11-14-30-20(27)17-23(4,5)6)12-15-31-21(28)18-24(7,8)9/h16-21H2,1-15H3;19-21H,13-18H2,1-12H3;10-18H2,1-9H3. The molecule has 0 heterocycles. The van der Waals surface area contributed by atoms with Gasteiger partial charge in [-0.15, -0.1) is 0 Å². The molecule has 0 rings (SSSR count). The zero-order chi connectivity index (χ0) is 80.9. The second-order valence-electron chi connectivity index (χ2n) is 39.2. The number of esters is 9. The molecule has 0 bridgehead atoms. The summed E-state index contributed by atoms with van der Waals surface area (Å²) in [6.45, 7) is 77.1. The Labute approximate surface area is 621 Å². The van der Waals surface area contributed by atoms with Gasteiger partial charge in [0, 0.05) is 58.9 Å². The van der Waals surface area contributed by atoms with Crippen LogP contribution in [0.2, 0.25) is 0 Å². The molecule has 0 spiro atoms. The summed E-state index contributed by atoms with van der Waals surface area (Å²) in [7, 11) is 0. The lowest BCUT2D eigenvalue weighted by Crippen LogP contribution is -2.42. The molecular formula is C81H153N3O18. The van der Waals surface area contributed by atoms with E-state index in [2.05, 4.69) is 0 Å². The molecule has 0 N–H and O–H groups in total. The fraction of sp³-hybridized carbons (Fsp3) is 0.889. The van der Waals surface area contributed by atoms with Crippen LogP contribution in [0.25, 0.3) is 0 Å². The monoisotopic (exact) mass is 1460 g/mol. The number of carbonyl (C=O) groups excluding carboxylic acids is 9. The lowest BCUT2D eigenvalue weighted by Gasteiger charge is -2.37. The quantitative estimate of drug-likeness (QED) is 0.0418. The second kappa shape index (κ2) is 43.0. The van der Waals surface area contributed by atoms with Crippen molar-refractivity contribution in [3.05, 3.63) is 0 Å². The summed E-state index contributed by atoms with van der Waals surface area (Å²) in [5, 5.41) is 0. The summed E-state index contributed by atoms with van der Waals surface area (Å²) in [4.78, 5) is 117. The van der Waals surface area contributed by atoms with E-state index < -0.39 is 16.2 Å². The van der Waals surface area contributed by atoms with Crippen LogP contribution in [-0.2, 0) is 85.8 Å². The molecule has 21 heteroatoms. The van der Waals surface area contributed by atoms with E-state index in [4.69, 9.17) is 42.6 Å². The summed E-state index contributed by atoms with van der Waals surface area (Å²) in [5.74, 6) is -2.83. The molecular weight excluding hydrogens is 1300 g/mol. The molecule has 3 atom stereocenters. The molecule has 0 fully saturated rings. The summed E-state index contributed by atoms with van der Waals surface area (Å²) in [6, 6.07) is 0. The summed E-state index contributed by atoms with van der Waals surface area (Å²) in [5.41, 5.74) is -3.55.